The van der Waals surface area contributed by atoms with Gasteiger partial charge in [0.2, 0.25) is 12.2 Å². The van der Waals surface area contributed by atoms with E-state index in [1.807, 2.05) is 0 Å². The van der Waals surface area contributed by atoms with Gasteiger partial charge in [-0.3, -0.25) is 19.2 Å². The second kappa shape index (κ2) is 11.2. The normalized spacial score (nSPS) is 51.1. The van der Waals surface area contributed by atoms with Crippen LogP contribution in [0.4, 0.5) is 0 Å². The molecule has 4 heterocycles. The Labute approximate surface area is 330 Å². The molecule has 1 spiro atoms. The third-order valence-corrected chi connectivity index (χ3v) is 15.3. The molecule has 1 aromatic heterocycles. The Morgan fingerprint density at radius 1 is 0.879 bits per heavy atom. The number of hydrogen-bond donors (Lipinski definition) is 3. The van der Waals surface area contributed by atoms with Gasteiger partial charge in [-0.25, -0.2) is 9.59 Å². The van der Waals surface area contributed by atoms with Gasteiger partial charge in [0, 0.05) is 50.0 Å². The number of cyclic esters (lactones) is 1. The maximum absolute atomic E-state index is 14.6. The van der Waals surface area contributed by atoms with Crippen molar-refractivity contribution in [2.24, 2.45) is 33.5 Å². The molecule has 9 rings (SSSR count). The summed E-state index contributed by atoms with van der Waals surface area (Å²) in [5, 5.41) is 40.8. The SMILES string of the molecule is COC(=O)[C@H](OC(C)=O)[C@H]1[C@@]2(C)C[C@@]3(O)[C@@]1(C)[C@@]14OC5(C)O[C@@H]1[C@H](O)[C@]16C[C@]1([C@@H](OC(C)=O)C(=O)O[C@H]6c1ccoc1)[C@@]4(O5)C(OC(=O)C(C)C)[C@]3(O)[C@H]2OC(C)=O. The molecule has 19 nitrogen and oxygen atoms in total. The molecule has 5 aliphatic carbocycles. The molecule has 5 saturated carbocycles. The average molecular weight is 819 g/mol. The van der Waals surface area contributed by atoms with E-state index in [-0.39, 0.29) is 12.0 Å². The van der Waals surface area contributed by atoms with Crippen LogP contribution < -0.4 is 0 Å². The van der Waals surface area contributed by atoms with Crippen molar-refractivity contribution < 1.29 is 91.1 Å². The van der Waals surface area contributed by atoms with Crippen LogP contribution in [0.1, 0.15) is 79.9 Å². The number of furan rings is 1. The van der Waals surface area contributed by atoms with Gasteiger partial charge in [0.05, 0.1) is 42.5 Å². The van der Waals surface area contributed by atoms with E-state index in [1.54, 1.807) is 0 Å². The number of aliphatic hydroxyl groups excluding tert-OH is 1. The summed E-state index contributed by atoms with van der Waals surface area (Å²) < 4.78 is 61.2. The molecule has 1 aromatic rings. The summed E-state index contributed by atoms with van der Waals surface area (Å²) in [6.07, 6.45) is -11.0. The molecule has 0 aromatic carbocycles. The number of hydrogen-bond acceptors (Lipinski definition) is 19. The lowest BCUT2D eigenvalue weighted by molar-refractivity contribution is -0.455. The van der Waals surface area contributed by atoms with Crippen molar-refractivity contribution in [1.82, 2.24) is 0 Å². The number of carbonyl (C=O) groups excluding carboxylic acids is 6. The lowest BCUT2D eigenvalue weighted by Gasteiger charge is -2.76. The predicted octanol–water partition coefficient (Wildman–Crippen LogP) is 0.283. The number of aliphatic hydroxyl groups is 3. The van der Waals surface area contributed by atoms with Gasteiger partial charge >= 0.3 is 35.8 Å². The van der Waals surface area contributed by atoms with Crippen LogP contribution in [0.2, 0.25) is 0 Å². The summed E-state index contributed by atoms with van der Waals surface area (Å²) in [7, 11) is 1.04. The highest BCUT2D eigenvalue weighted by Crippen LogP contribution is 2.95. The van der Waals surface area contributed by atoms with Crippen molar-refractivity contribution in [3.63, 3.8) is 0 Å². The average Bonchev–Trinajstić information content (AvgIpc) is 3.48. The molecule has 316 valence electrons. The van der Waals surface area contributed by atoms with Crippen LogP contribution in [-0.4, -0.2) is 123 Å². The topological polar surface area (TPSA) is 259 Å². The van der Waals surface area contributed by atoms with Crippen molar-refractivity contribution in [2.45, 2.75) is 139 Å². The Morgan fingerprint density at radius 3 is 2.10 bits per heavy atom. The fraction of sp³-hybridized carbons (Fsp3) is 0.744. The van der Waals surface area contributed by atoms with Crippen LogP contribution in [-0.2, 0) is 71.4 Å². The summed E-state index contributed by atoms with van der Waals surface area (Å²) >= 11 is 0. The van der Waals surface area contributed by atoms with Gasteiger partial charge in [-0.1, -0.05) is 27.7 Å². The van der Waals surface area contributed by atoms with E-state index < -0.39 is 147 Å². The van der Waals surface area contributed by atoms with E-state index in [9.17, 15) is 44.1 Å². The molecule has 4 bridgehead atoms. The Bertz CT molecular complexity index is 2070. The zero-order chi connectivity index (χ0) is 42.3. The van der Waals surface area contributed by atoms with Crippen molar-refractivity contribution in [1.29, 1.82) is 0 Å². The number of esters is 6. The van der Waals surface area contributed by atoms with Crippen LogP contribution in [0.15, 0.2) is 23.0 Å². The molecule has 3 N–H and O–H groups in total. The first kappa shape index (κ1) is 39.3. The Hall–Kier alpha value is -4.14. The van der Waals surface area contributed by atoms with Gasteiger partial charge in [-0.2, -0.15) is 0 Å². The Kier molecular flexibility index (Phi) is 7.57. The lowest BCUT2D eigenvalue weighted by Crippen LogP contribution is -2.97. The molecule has 0 radical (unpaired) electrons. The first-order valence-corrected chi connectivity index (χ1v) is 19.2. The molecular formula is C39H46O19. The zero-order valence-corrected chi connectivity index (χ0v) is 33.2. The molecule has 8 fully saturated rings. The van der Waals surface area contributed by atoms with Gasteiger partial charge in [0.15, 0.2) is 17.3 Å². The quantitative estimate of drug-likeness (QED) is 0.235. The number of rotatable bonds is 8. The summed E-state index contributed by atoms with van der Waals surface area (Å²) in [5.41, 5.74) is -18.2. The number of carbonyl (C=O) groups is 6. The molecular weight excluding hydrogens is 772 g/mol. The number of ether oxygens (including phenoxy) is 9. The van der Waals surface area contributed by atoms with Crippen molar-refractivity contribution in [3.8, 4) is 0 Å². The highest BCUT2D eigenvalue weighted by molar-refractivity contribution is 5.85. The highest BCUT2D eigenvalue weighted by atomic mass is 17.0. The maximum Gasteiger partial charge on any atom is 0.348 e. The smallest absolute Gasteiger partial charge is 0.348 e. The van der Waals surface area contributed by atoms with Gasteiger partial charge in [-0.05, 0) is 18.9 Å². The maximum atomic E-state index is 14.6. The molecule has 17 atom stereocenters. The van der Waals surface area contributed by atoms with Crippen LogP contribution in [0.25, 0.3) is 0 Å². The number of methoxy groups -OCH3 is 1. The summed E-state index contributed by atoms with van der Waals surface area (Å²) in [6.45, 7) is 10.4. The van der Waals surface area contributed by atoms with E-state index in [0.717, 1.165) is 27.9 Å². The molecule has 19 heteroatoms. The van der Waals surface area contributed by atoms with Gasteiger partial charge < -0.3 is 62.4 Å². The van der Waals surface area contributed by atoms with Crippen molar-refractivity contribution >= 4 is 35.8 Å². The fourth-order valence-corrected chi connectivity index (χ4v) is 14.0. The van der Waals surface area contributed by atoms with Gasteiger partial charge in [0.25, 0.3) is 5.97 Å². The number of fused-ring (bicyclic) bond motifs is 2. The highest BCUT2D eigenvalue weighted by Gasteiger charge is 3.11. The van der Waals surface area contributed by atoms with E-state index in [4.69, 9.17) is 47.0 Å². The molecule has 58 heavy (non-hydrogen) atoms. The van der Waals surface area contributed by atoms with Crippen LogP contribution >= 0.6 is 0 Å². The van der Waals surface area contributed by atoms with Gasteiger partial charge in [-0.15, -0.1) is 0 Å². The second-order valence-electron chi connectivity index (χ2n) is 18.1. The molecule has 8 aliphatic rings. The Balaban J connectivity index is 1.45. The largest absolute Gasteiger partial charge is 0.472 e. The Morgan fingerprint density at radius 2 is 1.53 bits per heavy atom. The summed E-state index contributed by atoms with van der Waals surface area (Å²) in [6, 6.07) is 1.50. The minimum absolute atomic E-state index is 0.266. The van der Waals surface area contributed by atoms with Crippen molar-refractivity contribution in [2.75, 3.05) is 7.11 Å². The fourth-order valence-electron chi connectivity index (χ4n) is 14.0. The standard InChI is InChI=1S/C39H46O19/c1-15(2)26(44)55-30-37(48)29(53-18(5)42)31(6)13-36(37,47)32(7,21(31)20(27(45)49-9)51-16(3)40)38-24-22(43)34-14-35(34,39(30,38)58-33(8,56-24)57-38)25(52-17(4)41)28(46)54-23(34)19-10-11-50-12-19/h10-12,15,20-25,29-30,43,47-48H,13-14H2,1-9H3/t20-,21+,22+,23+,24-,25+,29+,30?,31-,32+,33?,34+,35-,36-,37-,38+,39+/m1/s1. The van der Waals surface area contributed by atoms with E-state index in [2.05, 4.69) is 0 Å². The molecule has 3 aliphatic heterocycles. The van der Waals surface area contributed by atoms with E-state index in [1.165, 1.54) is 53.2 Å². The summed E-state index contributed by atoms with van der Waals surface area (Å²) in [5.74, 6) is -10.7. The third kappa shape index (κ3) is 3.72. The van der Waals surface area contributed by atoms with Crippen molar-refractivity contribution in [3.05, 3.63) is 24.2 Å². The second-order valence-corrected chi connectivity index (χ2v) is 18.1. The lowest BCUT2D eigenvalue weighted by atomic mass is 9.33. The first-order valence-electron chi connectivity index (χ1n) is 19.2. The molecule has 2 unspecified atom stereocenters. The first-order chi connectivity index (χ1) is 26.9. The molecule has 3 saturated heterocycles. The predicted molar refractivity (Wildman–Crippen MR) is 182 cm³/mol. The van der Waals surface area contributed by atoms with E-state index >= 15 is 0 Å². The van der Waals surface area contributed by atoms with Crippen LogP contribution in [0.5, 0.6) is 0 Å². The van der Waals surface area contributed by atoms with E-state index in [0.29, 0.717) is 0 Å². The minimum atomic E-state index is -2.93. The minimum Gasteiger partial charge on any atom is -0.472 e. The zero-order valence-electron chi connectivity index (χ0n) is 33.2. The van der Waals surface area contributed by atoms with Crippen LogP contribution in [0.3, 0.4) is 0 Å². The van der Waals surface area contributed by atoms with Crippen LogP contribution in [0, 0.1) is 33.5 Å². The summed E-state index contributed by atoms with van der Waals surface area (Å²) in [4.78, 5) is 81.9. The molecule has 0 amide bonds. The van der Waals surface area contributed by atoms with Gasteiger partial charge in [0.1, 0.15) is 29.5 Å². The monoisotopic (exact) mass is 818 g/mol. The third-order valence-electron chi connectivity index (χ3n) is 15.3.